The van der Waals surface area contributed by atoms with Crippen LogP contribution in [-0.2, 0) is 14.3 Å². The van der Waals surface area contributed by atoms with Crippen molar-refractivity contribution in [2.45, 2.75) is 52.7 Å². The zero-order valence-corrected chi connectivity index (χ0v) is 11.9. The van der Waals surface area contributed by atoms with Crippen LogP contribution >= 0.6 is 0 Å². The van der Waals surface area contributed by atoms with Gasteiger partial charge in [-0.3, -0.25) is 4.79 Å². The molecule has 0 spiro atoms. The van der Waals surface area contributed by atoms with Gasteiger partial charge in [0.2, 0.25) is 5.91 Å². The van der Waals surface area contributed by atoms with Crippen LogP contribution in [0.25, 0.3) is 0 Å². The molecule has 5 nitrogen and oxygen atoms in total. The lowest BCUT2D eigenvalue weighted by atomic mass is 9.98. The quantitative estimate of drug-likeness (QED) is 0.671. The summed E-state index contributed by atoms with van der Waals surface area (Å²) < 4.78 is 4.66. The first kappa shape index (κ1) is 16.9. The van der Waals surface area contributed by atoms with Crippen LogP contribution in [-0.4, -0.2) is 36.2 Å². The Labute approximate surface area is 109 Å². The average molecular weight is 259 g/mol. The Morgan fingerprint density at radius 1 is 1.28 bits per heavy atom. The lowest BCUT2D eigenvalue weighted by Gasteiger charge is -2.23. The summed E-state index contributed by atoms with van der Waals surface area (Å²) in [5.41, 5.74) is 0. The van der Waals surface area contributed by atoms with E-state index in [0.29, 0.717) is 6.42 Å². The van der Waals surface area contributed by atoms with Crippen LogP contribution in [0.4, 0.5) is 0 Å². The number of carbonyl (C=O) groups excluding carboxylic acids is 2. The van der Waals surface area contributed by atoms with Crippen molar-refractivity contribution < 1.29 is 19.4 Å². The fraction of sp³-hybridized carbons (Fsp3) is 0.846. The van der Waals surface area contributed by atoms with Gasteiger partial charge in [0.15, 0.2) is 0 Å². The maximum Gasteiger partial charge on any atom is 0.328 e. The summed E-state index contributed by atoms with van der Waals surface area (Å²) >= 11 is 0. The third-order valence-corrected chi connectivity index (χ3v) is 2.96. The number of aliphatic hydroxyl groups is 1. The maximum atomic E-state index is 11.8. The van der Waals surface area contributed by atoms with Gasteiger partial charge in [0.05, 0.1) is 7.11 Å². The molecule has 0 unspecified atom stereocenters. The second-order valence-corrected chi connectivity index (χ2v) is 5.04. The molecule has 0 fully saturated rings. The number of hydrogen-bond acceptors (Lipinski definition) is 4. The number of amides is 1. The first-order valence-electron chi connectivity index (χ1n) is 6.39. The molecular formula is C13H25NO4. The molecule has 0 aromatic rings. The molecule has 0 rings (SSSR count). The van der Waals surface area contributed by atoms with Gasteiger partial charge in [0.1, 0.15) is 12.1 Å². The smallest absolute Gasteiger partial charge is 0.328 e. The molecule has 0 aliphatic carbocycles. The van der Waals surface area contributed by atoms with Crippen LogP contribution in [0.2, 0.25) is 0 Å². The third kappa shape index (κ3) is 5.49. The van der Waals surface area contributed by atoms with Gasteiger partial charge in [-0.2, -0.15) is 0 Å². The maximum absolute atomic E-state index is 11.8. The van der Waals surface area contributed by atoms with E-state index in [1.165, 1.54) is 7.11 Å². The number of ether oxygens (including phenoxy) is 1. The minimum atomic E-state index is -1.08. The molecule has 0 saturated carbocycles. The molecular weight excluding hydrogens is 234 g/mol. The van der Waals surface area contributed by atoms with Crippen molar-refractivity contribution in [2.24, 2.45) is 11.8 Å². The number of hydrogen-bond donors (Lipinski definition) is 2. The number of esters is 1. The number of carbonyl (C=O) groups is 2. The standard InChI is InChI=1S/C13H25NO4/c1-6-9(4)11(13(17)18-5)14-12(16)10(15)7-8(2)3/h8-11,15H,6-7H2,1-5H3,(H,14,16)/t9-,10+,11+/m1/s1. The molecule has 1 amide bonds. The Morgan fingerprint density at radius 2 is 1.83 bits per heavy atom. The molecule has 0 bridgehead atoms. The Bertz CT molecular complexity index is 278. The van der Waals surface area contributed by atoms with Crippen LogP contribution in [0.1, 0.15) is 40.5 Å². The van der Waals surface area contributed by atoms with E-state index in [1.807, 2.05) is 27.7 Å². The number of nitrogens with one attached hydrogen (secondary N) is 1. The molecule has 0 aliphatic rings. The summed E-state index contributed by atoms with van der Waals surface area (Å²) in [7, 11) is 1.29. The van der Waals surface area contributed by atoms with Gasteiger partial charge in [-0.25, -0.2) is 4.79 Å². The van der Waals surface area contributed by atoms with E-state index in [9.17, 15) is 14.7 Å². The van der Waals surface area contributed by atoms with E-state index < -0.39 is 24.0 Å². The van der Waals surface area contributed by atoms with Gasteiger partial charge >= 0.3 is 5.97 Å². The van der Waals surface area contributed by atoms with E-state index in [-0.39, 0.29) is 11.8 Å². The first-order chi connectivity index (χ1) is 8.33. The largest absolute Gasteiger partial charge is 0.467 e. The molecule has 2 N–H and O–H groups in total. The van der Waals surface area contributed by atoms with E-state index in [0.717, 1.165) is 6.42 Å². The second-order valence-electron chi connectivity index (χ2n) is 5.04. The molecule has 0 aromatic carbocycles. The van der Waals surface area contributed by atoms with Gasteiger partial charge < -0.3 is 15.2 Å². The van der Waals surface area contributed by atoms with Crippen LogP contribution < -0.4 is 5.32 Å². The van der Waals surface area contributed by atoms with E-state index in [2.05, 4.69) is 10.1 Å². The Hall–Kier alpha value is -1.10. The minimum Gasteiger partial charge on any atom is -0.467 e. The van der Waals surface area contributed by atoms with Crippen molar-refractivity contribution in [2.75, 3.05) is 7.11 Å². The lowest BCUT2D eigenvalue weighted by molar-refractivity contribution is -0.148. The highest BCUT2D eigenvalue weighted by atomic mass is 16.5. The molecule has 106 valence electrons. The Morgan fingerprint density at radius 3 is 2.22 bits per heavy atom. The predicted molar refractivity (Wildman–Crippen MR) is 68.9 cm³/mol. The summed E-state index contributed by atoms with van der Waals surface area (Å²) in [4.78, 5) is 23.3. The average Bonchev–Trinajstić information content (AvgIpc) is 2.32. The highest BCUT2D eigenvalue weighted by Gasteiger charge is 2.29. The molecule has 0 saturated heterocycles. The zero-order chi connectivity index (χ0) is 14.3. The zero-order valence-electron chi connectivity index (χ0n) is 11.9. The topological polar surface area (TPSA) is 75.6 Å². The van der Waals surface area contributed by atoms with Crippen LogP contribution in [0, 0.1) is 11.8 Å². The fourth-order valence-electron chi connectivity index (χ4n) is 1.60. The van der Waals surface area contributed by atoms with Gasteiger partial charge in [0, 0.05) is 0 Å². The summed E-state index contributed by atoms with van der Waals surface area (Å²) in [6.07, 6.45) is 0.0295. The van der Waals surface area contributed by atoms with Crippen molar-refractivity contribution in [3.63, 3.8) is 0 Å². The summed E-state index contributed by atoms with van der Waals surface area (Å²) in [5, 5.41) is 12.2. The third-order valence-electron chi connectivity index (χ3n) is 2.96. The van der Waals surface area contributed by atoms with Crippen LogP contribution in [0.15, 0.2) is 0 Å². The molecule has 3 atom stereocenters. The molecule has 0 aromatic heterocycles. The van der Waals surface area contributed by atoms with E-state index in [1.54, 1.807) is 0 Å². The van der Waals surface area contributed by atoms with Crippen molar-refractivity contribution in [3.05, 3.63) is 0 Å². The second kappa shape index (κ2) is 8.08. The van der Waals surface area contributed by atoms with Gasteiger partial charge in [-0.1, -0.05) is 34.1 Å². The number of rotatable bonds is 7. The molecule has 0 aliphatic heterocycles. The SMILES string of the molecule is CC[C@@H](C)[C@H](NC(=O)[C@@H](O)CC(C)C)C(=O)OC. The predicted octanol–water partition coefficient (Wildman–Crippen LogP) is 1.10. The van der Waals surface area contributed by atoms with E-state index in [4.69, 9.17) is 0 Å². The number of methoxy groups -OCH3 is 1. The van der Waals surface area contributed by atoms with Gasteiger partial charge in [0.25, 0.3) is 0 Å². The summed E-state index contributed by atoms with van der Waals surface area (Å²) in [6.45, 7) is 7.62. The lowest BCUT2D eigenvalue weighted by Crippen LogP contribution is -2.49. The molecule has 0 heterocycles. The molecule has 5 heteroatoms. The molecule has 18 heavy (non-hydrogen) atoms. The Balaban J connectivity index is 4.58. The molecule has 0 radical (unpaired) electrons. The van der Waals surface area contributed by atoms with Crippen LogP contribution in [0.5, 0.6) is 0 Å². The van der Waals surface area contributed by atoms with Gasteiger partial charge in [-0.15, -0.1) is 0 Å². The van der Waals surface area contributed by atoms with E-state index >= 15 is 0 Å². The summed E-state index contributed by atoms with van der Waals surface area (Å²) in [5.74, 6) is -0.813. The minimum absolute atomic E-state index is 0.0346. The fourth-order valence-corrected chi connectivity index (χ4v) is 1.60. The summed E-state index contributed by atoms with van der Waals surface area (Å²) in [6, 6.07) is -0.700. The van der Waals surface area contributed by atoms with Crippen LogP contribution in [0.3, 0.4) is 0 Å². The van der Waals surface area contributed by atoms with Crippen molar-refractivity contribution in [1.82, 2.24) is 5.32 Å². The first-order valence-corrected chi connectivity index (χ1v) is 6.39. The highest BCUT2D eigenvalue weighted by Crippen LogP contribution is 2.11. The van der Waals surface area contributed by atoms with Gasteiger partial charge in [-0.05, 0) is 18.3 Å². The Kier molecular flexibility index (Phi) is 7.59. The van der Waals surface area contributed by atoms with Crippen molar-refractivity contribution in [1.29, 1.82) is 0 Å². The van der Waals surface area contributed by atoms with Crippen molar-refractivity contribution >= 4 is 11.9 Å². The number of aliphatic hydroxyl groups excluding tert-OH is 1. The normalized spacial score (nSPS) is 15.9. The highest BCUT2D eigenvalue weighted by molar-refractivity contribution is 5.86. The monoisotopic (exact) mass is 259 g/mol. The van der Waals surface area contributed by atoms with Crippen molar-refractivity contribution in [3.8, 4) is 0 Å².